The number of nitrogens with zero attached hydrogens (tertiary/aromatic N) is 1. The van der Waals surface area contributed by atoms with Gasteiger partial charge in [-0.25, -0.2) is 4.90 Å². The van der Waals surface area contributed by atoms with Crippen molar-refractivity contribution in [2.24, 2.45) is 0 Å². The minimum atomic E-state index is -0.520. The Balaban J connectivity index is 1.92. The molecule has 3 rings (SSSR count). The van der Waals surface area contributed by atoms with E-state index >= 15 is 0 Å². The lowest BCUT2D eigenvalue weighted by atomic mass is 10.0. The summed E-state index contributed by atoms with van der Waals surface area (Å²) in [6.45, 7) is 9.91. The van der Waals surface area contributed by atoms with E-state index in [1.165, 1.54) is 4.90 Å². The van der Waals surface area contributed by atoms with Crippen LogP contribution >= 0.6 is 0 Å². The first-order valence-electron chi connectivity index (χ1n) is 8.56. The van der Waals surface area contributed by atoms with Crippen LogP contribution in [0.3, 0.4) is 0 Å². The van der Waals surface area contributed by atoms with Gasteiger partial charge in [-0.3, -0.25) is 9.59 Å². The molecule has 0 unspecified atom stereocenters. The highest BCUT2D eigenvalue weighted by Crippen LogP contribution is 2.32. The molecule has 0 aromatic heterocycles. The molecule has 0 spiro atoms. The van der Waals surface area contributed by atoms with Gasteiger partial charge in [0.1, 0.15) is 6.04 Å². The van der Waals surface area contributed by atoms with Gasteiger partial charge in [0.25, 0.3) is 5.91 Å². The number of nitrogens with one attached hydrogen (secondary N) is 1. The Bertz CT molecular complexity index is 847. The maximum atomic E-state index is 12.9. The largest absolute Gasteiger partial charge is 0.373 e. The van der Waals surface area contributed by atoms with Crippen LogP contribution in [0, 0.1) is 34.6 Å². The summed E-state index contributed by atoms with van der Waals surface area (Å²) in [6.07, 6.45) is 0.180. The third-order valence-electron chi connectivity index (χ3n) is 4.73. The first-order valence-corrected chi connectivity index (χ1v) is 8.56. The van der Waals surface area contributed by atoms with Crippen molar-refractivity contribution >= 4 is 23.2 Å². The molecular weight excluding hydrogens is 312 g/mol. The molecule has 4 nitrogen and oxygen atoms in total. The van der Waals surface area contributed by atoms with Crippen LogP contribution in [0.5, 0.6) is 0 Å². The van der Waals surface area contributed by atoms with Crippen molar-refractivity contribution in [3.8, 4) is 0 Å². The molecule has 1 fully saturated rings. The summed E-state index contributed by atoms with van der Waals surface area (Å²) in [5, 5.41) is 3.27. The summed E-state index contributed by atoms with van der Waals surface area (Å²) in [4.78, 5) is 26.9. The van der Waals surface area contributed by atoms with Gasteiger partial charge < -0.3 is 5.32 Å². The molecule has 0 aliphatic carbocycles. The summed E-state index contributed by atoms with van der Waals surface area (Å²) in [5.41, 5.74) is 6.84. The van der Waals surface area contributed by atoms with Gasteiger partial charge >= 0.3 is 0 Å². The highest BCUT2D eigenvalue weighted by Gasteiger charge is 2.40. The van der Waals surface area contributed by atoms with E-state index in [1.807, 2.05) is 65.0 Å². The SMILES string of the molecule is Cc1cc(C)c(N2C(=O)C[C@H](Nc3cc(C)ccc3C)C2=O)c(C)c1. The number of hydrogen-bond donors (Lipinski definition) is 1. The van der Waals surface area contributed by atoms with E-state index < -0.39 is 6.04 Å². The van der Waals surface area contributed by atoms with Gasteiger partial charge in [-0.05, 0) is 62.9 Å². The number of carbonyl (C=O) groups is 2. The lowest BCUT2D eigenvalue weighted by Gasteiger charge is -2.21. The minimum Gasteiger partial charge on any atom is -0.373 e. The van der Waals surface area contributed by atoms with Crippen molar-refractivity contribution in [3.63, 3.8) is 0 Å². The Morgan fingerprint density at radius 2 is 1.52 bits per heavy atom. The number of imide groups is 1. The van der Waals surface area contributed by atoms with Crippen molar-refractivity contribution in [2.75, 3.05) is 10.2 Å². The molecule has 1 atom stereocenters. The molecule has 1 saturated heterocycles. The second-order valence-corrected chi connectivity index (χ2v) is 7.03. The maximum Gasteiger partial charge on any atom is 0.256 e. The molecule has 25 heavy (non-hydrogen) atoms. The van der Waals surface area contributed by atoms with Crippen LogP contribution < -0.4 is 10.2 Å². The van der Waals surface area contributed by atoms with E-state index in [2.05, 4.69) is 5.32 Å². The van der Waals surface area contributed by atoms with E-state index in [-0.39, 0.29) is 18.2 Å². The Morgan fingerprint density at radius 1 is 0.880 bits per heavy atom. The van der Waals surface area contributed by atoms with Gasteiger partial charge in [-0.1, -0.05) is 29.8 Å². The topological polar surface area (TPSA) is 49.4 Å². The van der Waals surface area contributed by atoms with E-state index in [1.54, 1.807) is 0 Å². The standard InChI is InChI=1S/C21H24N2O2/c1-12-6-7-14(3)17(10-12)22-18-11-19(24)23(21(18)25)20-15(4)8-13(2)9-16(20)5/h6-10,18,22H,11H2,1-5H3/t18-/m0/s1. The first-order chi connectivity index (χ1) is 11.8. The zero-order valence-electron chi connectivity index (χ0n) is 15.4. The quantitative estimate of drug-likeness (QED) is 0.863. The van der Waals surface area contributed by atoms with E-state index in [0.29, 0.717) is 0 Å². The number of hydrogen-bond acceptors (Lipinski definition) is 3. The fraction of sp³-hybridized carbons (Fsp3) is 0.333. The van der Waals surface area contributed by atoms with Gasteiger partial charge in [-0.15, -0.1) is 0 Å². The second kappa shape index (κ2) is 6.36. The molecule has 0 saturated carbocycles. The van der Waals surface area contributed by atoms with Crippen LogP contribution in [0.4, 0.5) is 11.4 Å². The van der Waals surface area contributed by atoms with Gasteiger partial charge in [0.05, 0.1) is 12.1 Å². The second-order valence-electron chi connectivity index (χ2n) is 7.03. The molecule has 2 aromatic rings. The lowest BCUT2D eigenvalue weighted by molar-refractivity contribution is -0.121. The van der Waals surface area contributed by atoms with E-state index in [9.17, 15) is 9.59 Å². The Hall–Kier alpha value is -2.62. The normalized spacial score (nSPS) is 17.3. The highest BCUT2D eigenvalue weighted by molar-refractivity contribution is 6.23. The molecule has 1 heterocycles. The number of rotatable bonds is 3. The summed E-state index contributed by atoms with van der Waals surface area (Å²) < 4.78 is 0. The smallest absolute Gasteiger partial charge is 0.256 e. The summed E-state index contributed by atoms with van der Waals surface area (Å²) >= 11 is 0. The van der Waals surface area contributed by atoms with Gasteiger partial charge in [-0.2, -0.15) is 0 Å². The van der Waals surface area contributed by atoms with Gasteiger partial charge in [0, 0.05) is 5.69 Å². The minimum absolute atomic E-state index is 0.150. The fourth-order valence-corrected chi connectivity index (χ4v) is 3.58. The highest BCUT2D eigenvalue weighted by atomic mass is 16.2. The van der Waals surface area contributed by atoms with E-state index in [4.69, 9.17) is 0 Å². The van der Waals surface area contributed by atoms with E-state index in [0.717, 1.165) is 39.2 Å². The zero-order chi connectivity index (χ0) is 18.3. The number of aryl methyl sites for hydroxylation is 5. The first kappa shape index (κ1) is 17.2. The summed E-state index contributed by atoms with van der Waals surface area (Å²) in [5.74, 6) is -0.330. The molecular formula is C21H24N2O2. The number of benzene rings is 2. The number of anilines is 2. The molecule has 1 aliphatic heterocycles. The van der Waals surface area contributed by atoms with Crippen LogP contribution in [0.25, 0.3) is 0 Å². The van der Waals surface area contributed by atoms with Gasteiger partial charge in [0.15, 0.2) is 0 Å². The Labute approximate surface area is 148 Å². The van der Waals surface area contributed by atoms with Crippen LogP contribution in [0.2, 0.25) is 0 Å². The lowest BCUT2D eigenvalue weighted by Crippen LogP contribution is -2.35. The molecule has 2 amide bonds. The molecule has 1 aliphatic rings. The van der Waals surface area contributed by atoms with Crippen LogP contribution in [-0.2, 0) is 9.59 Å². The van der Waals surface area contributed by atoms with Crippen molar-refractivity contribution in [1.29, 1.82) is 0 Å². The Morgan fingerprint density at radius 3 is 2.16 bits per heavy atom. The average Bonchev–Trinajstić information content (AvgIpc) is 2.78. The summed E-state index contributed by atoms with van der Waals surface area (Å²) in [7, 11) is 0. The predicted molar refractivity (Wildman–Crippen MR) is 101 cm³/mol. The molecule has 1 N–H and O–H groups in total. The Kier molecular flexibility index (Phi) is 4.38. The van der Waals surface area contributed by atoms with Crippen molar-refractivity contribution < 1.29 is 9.59 Å². The van der Waals surface area contributed by atoms with Crippen molar-refractivity contribution in [2.45, 2.75) is 47.1 Å². The van der Waals surface area contributed by atoms with Crippen molar-refractivity contribution in [3.05, 3.63) is 58.1 Å². The average molecular weight is 336 g/mol. The van der Waals surface area contributed by atoms with Crippen molar-refractivity contribution in [1.82, 2.24) is 0 Å². The van der Waals surface area contributed by atoms with Gasteiger partial charge in [0.2, 0.25) is 5.91 Å². The number of amides is 2. The molecule has 130 valence electrons. The molecule has 0 radical (unpaired) electrons. The van der Waals surface area contributed by atoms with Crippen LogP contribution in [0.1, 0.15) is 34.2 Å². The third-order valence-corrected chi connectivity index (χ3v) is 4.73. The fourth-order valence-electron chi connectivity index (χ4n) is 3.58. The summed E-state index contributed by atoms with van der Waals surface area (Å²) in [6, 6.07) is 9.56. The molecule has 0 bridgehead atoms. The third kappa shape index (κ3) is 3.16. The number of carbonyl (C=O) groups excluding carboxylic acids is 2. The molecule has 4 heteroatoms. The predicted octanol–water partition coefficient (Wildman–Crippen LogP) is 3.97. The molecule has 2 aromatic carbocycles. The van der Waals surface area contributed by atoms with Crippen LogP contribution in [0.15, 0.2) is 30.3 Å². The zero-order valence-corrected chi connectivity index (χ0v) is 15.4. The monoisotopic (exact) mass is 336 g/mol. The maximum absolute atomic E-state index is 12.9. The van der Waals surface area contributed by atoms with Crippen LogP contribution in [-0.4, -0.2) is 17.9 Å².